The third-order valence-electron chi connectivity index (χ3n) is 3.79. The van der Waals surface area contributed by atoms with Gasteiger partial charge in [0, 0.05) is 32.3 Å². The van der Waals surface area contributed by atoms with Gasteiger partial charge in [0.15, 0.2) is 0 Å². The number of likely N-dealkylation sites (N-methyl/N-ethyl adjacent to an activating group) is 1. The quantitative estimate of drug-likeness (QED) is 0.617. The molecule has 0 heterocycles. The van der Waals surface area contributed by atoms with Crippen LogP contribution in [0.3, 0.4) is 0 Å². The van der Waals surface area contributed by atoms with Gasteiger partial charge in [-0.05, 0) is 51.0 Å². The lowest BCUT2D eigenvalue weighted by Gasteiger charge is -2.27. The molecule has 1 atom stereocenters. The van der Waals surface area contributed by atoms with Gasteiger partial charge < -0.3 is 15.3 Å². The monoisotopic (exact) mass is 226 g/mol. The average molecular weight is 226 g/mol. The zero-order valence-electron chi connectivity index (χ0n) is 10.5. The van der Waals surface area contributed by atoms with E-state index in [-0.39, 0.29) is 0 Å². The van der Waals surface area contributed by atoms with Crippen LogP contribution in [0.25, 0.3) is 0 Å². The Morgan fingerprint density at radius 2 is 1.75 bits per heavy atom. The topological polar surface area (TPSA) is 35.5 Å². The Labute approximate surface area is 99.2 Å². The maximum atomic E-state index is 9.01. The summed E-state index contributed by atoms with van der Waals surface area (Å²) in [7, 11) is 2.01. The second kappa shape index (κ2) is 5.99. The molecule has 0 amide bonds. The van der Waals surface area contributed by atoms with Crippen LogP contribution >= 0.6 is 0 Å². The van der Waals surface area contributed by atoms with Gasteiger partial charge in [0.1, 0.15) is 0 Å². The molecule has 94 valence electrons. The first-order valence-corrected chi connectivity index (χ1v) is 6.82. The van der Waals surface area contributed by atoms with Crippen LogP contribution in [0.5, 0.6) is 0 Å². The van der Waals surface area contributed by atoms with E-state index in [1.54, 1.807) is 0 Å². The molecule has 3 nitrogen and oxygen atoms in total. The number of hydrogen-bond acceptors (Lipinski definition) is 3. The fourth-order valence-electron chi connectivity index (χ4n) is 2.35. The normalized spacial score (nSPS) is 22.7. The number of rotatable bonds is 9. The lowest BCUT2D eigenvalue weighted by atomic mass is 10.2. The molecule has 2 rings (SSSR count). The summed E-state index contributed by atoms with van der Waals surface area (Å²) in [6, 6.07) is 0.461. The number of aliphatic hydroxyl groups is 1. The average Bonchev–Trinajstić information content (AvgIpc) is 3.12. The minimum absolute atomic E-state index is 0.298. The molecule has 2 fully saturated rings. The van der Waals surface area contributed by atoms with Crippen LogP contribution in [0.4, 0.5) is 0 Å². The second-order valence-electron chi connectivity index (χ2n) is 5.60. The van der Waals surface area contributed by atoms with Crippen LogP contribution in [0.2, 0.25) is 0 Å². The predicted octanol–water partition coefficient (Wildman–Crippen LogP) is 1.08. The van der Waals surface area contributed by atoms with Crippen LogP contribution in [0.1, 0.15) is 32.1 Å². The molecule has 2 saturated carbocycles. The molecule has 0 spiro atoms. The summed E-state index contributed by atoms with van der Waals surface area (Å²) in [6.07, 6.45) is 6.62. The number of nitrogens with zero attached hydrogens (tertiary/aromatic N) is 1. The molecule has 0 aromatic heterocycles. The molecular formula is C13H26N2O. The smallest absolute Gasteiger partial charge is 0.0446 e. The van der Waals surface area contributed by atoms with Crippen LogP contribution in [0.15, 0.2) is 0 Å². The number of aliphatic hydroxyl groups excluding tert-OH is 1. The second-order valence-corrected chi connectivity index (χ2v) is 5.60. The highest BCUT2D eigenvalue weighted by Gasteiger charge is 2.29. The Bertz CT molecular complexity index is 188. The van der Waals surface area contributed by atoms with E-state index in [1.165, 1.54) is 38.8 Å². The van der Waals surface area contributed by atoms with Gasteiger partial charge >= 0.3 is 0 Å². The van der Waals surface area contributed by atoms with Crippen molar-refractivity contribution in [3.8, 4) is 0 Å². The Balaban J connectivity index is 1.73. The minimum atomic E-state index is 0.298. The van der Waals surface area contributed by atoms with Crippen molar-refractivity contribution in [3.05, 3.63) is 0 Å². The predicted molar refractivity (Wildman–Crippen MR) is 66.4 cm³/mol. The SMILES string of the molecule is CNC(CCO)CN(CC1CC1)CC1CC1. The summed E-state index contributed by atoms with van der Waals surface area (Å²) >= 11 is 0. The van der Waals surface area contributed by atoms with Gasteiger partial charge in [-0.15, -0.1) is 0 Å². The first kappa shape index (κ1) is 12.3. The molecule has 1 unspecified atom stereocenters. The number of nitrogens with one attached hydrogen (secondary N) is 1. The molecule has 0 bridgehead atoms. The lowest BCUT2D eigenvalue weighted by Crippen LogP contribution is -2.41. The summed E-state index contributed by atoms with van der Waals surface area (Å²) in [5.41, 5.74) is 0. The van der Waals surface area contributed by atoms with E-state index in [1.807, 2.05) is 7.05 Å². The molecule has 0 aromatic carbocycles. The van der Waals surface area contributed by atoms with Gasteiger partial charge in [0.05, 0.1) is 0 Å². The van der Waals surface area contributed by atoms with E-state index in [0.29, 0.717) is 12.6 Å². The van der Waals surface area contributed by atoms with Crippen LogP contribution < -0.4 is 5.32 Å². The molecule has 0 radical (unpaired) electrons. The van der Waals surface area contributed by atoms with Crippen molar-refractivity contribution in [1.29, 1.82) is 0 Å². The summed E-state index contributed by atoms with van der Waals surface area (Å²) in [4.78, 5) is 2.63. The zero-order valence-corrected chi connectivity index (χ0v) is 10.5. The largest absolute Gasteiger partial charge is 0.396 e. The summed E-state index contributed by atoms with van der Waals surface area (Å²) in [5, 5.41) is 12.3. The molecule has 0 aliphatic heterocycles. The Hall–Kier alpha value is -0.120. The van der Waals surface area contributed by atoms with Gasteiger partial charge in [0.25, 0.3) is 0 Å². The van der Waals surface area contributed by atoms with Gasteiger partial charge in [-0.3, -0.25) is 0 Å². The molecule has 3 heteroatoms. The van der Waals surface area contributed by atoms with Crippen molar-refractivity contribution in [2.75, 3.05) is 33.3 Å². The Morgan fingerprint density at radius 1 is 1.19 bits per heavy atom. The molecule has 0 saturated heterocycles. The maximum Gasteiger partial charge on any atom is 0.0446 e. The van der Waals surface area contributed by atoms with Crippen LogP contribution in [-0.4, -0.2) is 49.3 Å². The third-order valence-corrected chi connectivity index (χ3v) is 3.79. The number of hydrogen-bond donors (Lipinski definition) is 2. The van der Waals surface area contributed by atoms with E-state index < -0.39 is 0 Å². The standard InChI is InChI=1S/C13H26N2O/c1-14-13(6-7-16)10-15(8-11-2-3-11)9-12-4-5-12/h11-14,16H,2-10H2,1H3. The molecular weight excluding hydrogens is 200 g/mol. The minimum Gasteiger partial charge on any atom is -0.396 e. The van der Waals surface area contributed by atoms with Crippen molar-refractivity contribution < 1.29 is 5.11 Å². The molecule has 16 heavy (non-hydrogen) atoms. The van der Waals surface area contributed by atoms with Crippen molar-refractivity contribution in [1.82, 2.24) is 10.2 Å². The fourth-order valence-corrected chi connectivity index (χ4v) is 2.35. The third kappa shape index (κ3) is 4.40. The van der Waals surface area contributed by atoms with Crippen molar-refractivity contribution in [2.24, 2.45) is 11.8 Å². The fraction of sp³-hybridized carbons (Fsp3) is 1.00. The van der Waals surface area contributed by atoms with E-state index in [2.05, 4.69) is 10.2 Å². The van der Waals surface area contributed by atoms with E-state index in [0.717, 1.165) is 24.8 Å². The van der Waals surface area contributed by atoms with Gasteiger partial charge in [-0.2, -0.15) is 0 Å². The van der Waals surface area contributed by atoms with Crippen molar-refractivity contribution in [3.63, 3.8) is 0 Å². The lowest BCUT2D eigenvalue weighted by molar-refractivity contribution is 0.201. The van der Waals surface area contributed by atoms with E-state index in [9.17, 15) is 0 Å². The molecule has 2 aliphatic rings. The summed E-state index contributed by atoms with van der Waals surface area (Å²) < 4.78 is 0. The first-order valence-electron chi connectivity index (χ1n) is 6.82. The van der Waals surface area contributed by atoms with Gasteiger partial charge in [-0.25, -0.2) is 0 Å². The molecule has 2 N–H and O–H groups in total. The maximum absolute atomic E-state index is 9.01. The Morgan fingerprint density at radius 3 is 2.12 bits per heavy atom. The first-order chi connectivity index (χ1) is 7.81. The van der Waals surface area contributed by atoms with Crippen molar-refractivity contribution in [2.45, 2.75) is 38.1 Å². The molecule has 0 aromatic rings. The zero-order chi connectivity index (χ0) is 11.4. The Kier molecular flexibility index (Phi) is 4.62. The highest BCUT2D eigenvalue weighted by atomic mass is 16.3. The van der Waals surface area contributed by atoms with Gasteiger partial charge in [0.2, 0.25) is 0 Å². The van der Waals surface area contributed by atoms with Crippen LogP contribution in [0, 0.1) is 11.8 Å². The van der Waals surface area contributed by atoms with E-state index >= 15 is 0 Å². The van der Waals surface area contributed by atoms with Crippen molar-refractivity contribution >= 4 is 0 Å². The summed E-state index contributed by atoms with van der Waals surface area (Å²) in [5.74, 6) is 1.95. The van der Waals surface area contributed by atoms with Crippen LogP contribution in [-0.2, 0) is 0 Å². The summed E-state index contributed by atoms with van der Waals surface area (Å²) in [6.45, 7) is 4.00. The highest BCUT2D eigenvalue weighted by Crippen LogP contribution is 2.33. The van der Waals surface area contributed by atoms with E-state index in [4.69, 9.17) is 5.11 Å². The van der Waals surface area contributed by atoms with Gasteiger partial charge in [-0.1, -0.05) is 0 Å². The molecule has 2 aliphatic carbocycles. The highest BCUT2D eigenvalue weighted by molar-refractivity contribution is 4.84.